The molecule has 1 aromatic carbocycles. The Hall–Kier alpha value is -1.52. The third-order valence-corrected chi connectivity index (χ3v) is 3.04. The van der Waals surface area contributed by atoms with Gasteiger partial charge in [0.15, 0.2) is 0 Å². The summed E-state index contributed by atoms with van der Waals surface area (Å²) in [7, 11) is 0. The molecule has 0 saturated heterocycles. The summed E-state index contributed by atoms with van der Waals surface area (Å²) < 4.78 is 1.45. The predicted molar refractivity (Wildman–Crippen MR) is 68.7 cm³/mol. The highest BCUT2D eigenvalue weighted by molar-refractivity contribution is 6.32. The maximum atomic E-state index is 12.1. The van der Waals surface area contributed by atoms with E-state index in [1.807, 2.05) is 19.1 Å². The largest absolute Gasteiger partial charge is 0.326 e. The second-order valence-electron chi connectivity index (χ2n) is 3.72. The SMILES string of the molecule is CCc1[nH]n(-c2ccccc2Cl)c(=O)c1CN. The third kappa shape index (κ3) is 2.01. The Morgan fingerprint density at radius 1 is 1.41 bits per heavy atom. The van der Waals surface area contributed by atoms with Crippen molar-refractivity contribution in [1.29, 1.82) is 0 Å². The van der Waals surface area contributed by atoms with E-state index in [2.05, 4.69) is 5.10 Å². The first-order chi connectivity index (χ1) is 8.19. The standard InChI is InChI=1S/C12H14ClN3O/c1-2-10-8(7-14)12(17)16(15-10)11-6-4-3-5-9(11)13/h3-6,15H,2,7,14H2,1H3. The van der Waals surface area contributed by atoms with Crippen molar-refractivity contribution in [3.8, 4) is 5.69 Å². The number of aryl methyl sites for hydroxylation is 1. The normalized spacial score (nSPS) is 10.8. The van der Waals surface area contributed by atoms with Crippen LogP contribution >= 0.6 is 11.6 Å². The van der Waals surface area contributed by atoms with Crippen LogP contribution in [0.5, 0.6) is 0 Å². The molecule has 90 valence electrons. The molecule has 0 atom stereocenters. The van der Waals surface area contributed by atoms with E-state index in [0.717, 1.165) is 12.1 Å². The average Bonchev–Trinajstić information content (AvgIpc) is 2.66. The number of nitrogens with zero attached hydrogens (tertiary/aromatic N) is 1. The van der Waals surface area contributed by atoms with Gasteiger partial charge in [-0.25, -0.2) is 4.68 Å². The molecule has 0 unspecified atom stereocenters. The Morgan fingerprint density at radius 2 is 2.12 bits per heavy atom. The number of halogens is 1. The summed E-state index contributed by atoms with van der Waals surface area (Å²) in [4.78, 5) is 12.1. The van der Waals surface area contributed by atoms with Crippen molar-refractivity contribution in [3.05, 3.63) is 50.9 Å². The third-order valence-electron chi connectivity index (χ3n) is 2.72. The van der Waals surface area contributed by atoms with Crippen LogP contribution in [0.3, 0.4) is 0 Å². The second-order valence-corrected chi connectivity index (χ2v) is 4.13. The summed E-state index contributed by atoms with van der Waals surface area (Å²) in [5.41, 5.74) is 7.59. The van der Waals surface area contributed by atoms with Crippen molar-refractivity contribution >= 4 is 11.6 Å². The lowest BCUT2D eigenvalue weighted by molar-refractivity contribution is 0.819. The highest BCUT2D eigenvalue weighted by Gasteiger charge is 2.13. The van der Waals surface area contributed by atoms with Crippen LogP contribution in [0.4, 0.5) is 0 Å². The zero-order valence-corrected chi connectivity index (χ0v) is 10.3. The number of aromatic amines is 1. The van der Waals surface area contributed by atoms with Crippen LogP contribution < -0.4 is 11.3 Å². The van der Waals surface area contributed by atoms with Gasteiger partial charge in [0.2, 0.25) is 0 Å². The molecule has 0 radical (unpaired) electrons. The number of rotatable bonds is 3. The Kier molecular flexibility index (Phi) is 3.36. The van der Waals surface area contributed by atoms with Crippen LogP contribution in [0.15, 0.2) is 29.1 Å². The van der Waals surface area contributed by atoms with Gasteiger partial charge in [-0.3, -0.25) is 9.89 Å². The Labute approximate surface area is 104 Å². The highest BCUT2D eigenvalue weighted by atomic mass is 35.5. The summed E-state index contributed by atoms with van der Waals surface area (Å²) >= 11 is 6.07. The van der Waals surface area contributed by atoms with Crippen LogP contribution in [0, 0.1) is 0 Å². The van der Waals surface area contributed by atoms with Crippen molar-refractivity contribution in [1.82, 2.24) is 9.78 Å². The van der Waals surface area contributed by atoms with E-state index in [1.54, 1.807) is 12.1 Å². The molecule has 1 heterocycles. The maximum Gasteiger partial charge on any atom is 0.276 e. The van der Waals surface area contributed by atoms with Crippen LogP contribution in [0.2, 0.25) is 5.02 Å². The van der Waals surface area contributed by atoms with Gasteiger partial charge in [-0.15, -0.1) is 0 Å². The van der Waals surface area contributed by atoms with Gasteiger partial charge in [0.25, 0.3) is 5.56 Å². The van der Waals surface area contributed by atoms with Crippen molar-refractivity contribution in [3.63, 3.8) is 0 Å². The number of nitrogens with two attached hydrogens (primary N) is 1. The first-order valence-corrected chi connectivity index (χ1v) is 5.84. The first-order valence-electron chi connectivity index (χ1n) is 5.46. The van der Waals surface area contributed by atoms with Crippen molar-refractivity contribution in [2.45, 2.75) is 19.9 Å². The van der Waals surface area contributed by atoms with Gasteiger partial charge in [-0.1, -0.05) is 30.7 Å². The monoisotopic (exact) mass is 251 g/mol. The molecule has 0 spiro atoms. The zero-order valence-electron chi connectivity index (χ0n) is 9.53. The van der Waals surface area contributed by atoms with E-state index in [-0.39, 0.29) is 12.1 Å². The highest BCUT2D eigenvalue weighted by Crippen LogP contribution is 2.18. The lowest BCUT2D eigenvalue weighted by atomic mass is 10.2. The molecule has 0 aliphatic heterocycles. The number of benzene rings is 1. The van der Waals surface area contributed by atoms with Crippen molar-refractivity contribution in [2.75, 3.05) is 0 Å². The lowest BCUT2D eigenvalue weighted by Gasteiger charge is -2.03. The Morgan fingerprint density at radius 3 is 2.65 bits per heavy atom. The van der Waals surface area contributed by atoms with Crippen LogP contribution in [-0.4, -0.2) is 9.78 Å². The van der Waals surface area contributed by atoms with Gasteiger partial charge >= 0.3 is 0 Å². The van der Waals surface area contributed by atoms with Gasteiger partial charge in [0, 0.05) is 12.2 Å². The van der Waals surface area contributed by atoms with E-state index in [9.17, 15) is 4.79 Å². The van der Waals surface area contributed by atoms with Gasteiger partial charge in [0.05, 0.1) is 16.3 Å². The van der Waals surface area contributed by atoms with Crippen LogP contribution in [0.1, 0.15) is 18.2 Å². The summed E-state index contributed by atoms with van der Waals surface area (Å²) in [6.45, 7) is 2.21. The molecule has 0 aliphatic rings. The number of aromatic nitrogens is 2. The van der Waals surface area contributed by atoms with Crippen LogP contribution in [-0.2, 0) is 13.0 Å². The van der Waals surface area contributed by atoms with E-state index in [1.165, 1.54) is 4.68 Å². The molecular weight excluding hydrogens is 238 g/mol. The van der Waals surface area contributed by atoms with Gasteiger partial charge in [0.1, 0.15) is 0 Å². The molecule has 3 N–H and O–H groups in total. The molecule has 1 aromatic heterocycles. The summed E-state index contributed by atoms with van der Waals surface area (Å²) in [5, 5.41) is 3.58. The Balaban J connectivity index is 2.65. The van der Waals surface area contributed by atoms with E-state index >= 15 is 0 Å². The fourth-order valence-electron chi connectivity index (χ4n) is 1.82. The quantitative estimate of drug-likeness (QED) is 0.874. The topological polar surface area (TPSA) is 63.8 Å². The van der Waals surface area contributed by atoms with Crippen LogP contribution in [0.25, 0.3) is 5.69 Å². The molecule has 17 heavy (non-hydrogen) atoms. The first kappa shape index (κ1) is 12.0. The smallest absolute Gasteiger partial charge is 0.276 e. The van der Waals surface area contributed by atoms with E-state index in [4.69, 9.17) is 17.3 Å². The van der Waals surface area contributed by atoms with Gasteiger partial charge in [-0.05, 0) is 18.6 Å². The molecular formula is C12H14ClN3O. The molecule has 0 saturated carbocycles. The van der Waals surface area contributed by atoms with Crippen molar-refractivity contribution in [2.24, 2.45) is 5.73 Å². The maximum absolute atomic E-state index is 12.1. The van der Waals surface area contributed by atoms with Gasteiger partial charge < -0.3 is 5.73 Å². The molecule has 4 nitrogen and oxygen atoms in total. The number of nitrogens with one attached hydrogen (secondary N) is 1. The Bertz CT molecular complexity index is 586. The fourth-order valence-corrected chi connectivity index (χ4v) is 2.04. The molecule has 0 fully saturated rings. The molecule has 5 heteroatoms. The fraction of sp³-hybridized carbons (Fsp3) is 0.250. The second kappa shape index (κ2) is 4.77. The average molecular weight is 252 g/mol. The molecule has 2 aromatic rings. The number of hydrogen-bond donors (Lipinski definition) is 2. The predicted octanol–water partition coefficient (Wildman–Crippen LogP) is 1.84. The number of H-pyrrole nitrogens is 1. The molecule has 0 amide bonds. The molecule has 0 aliphatic carbocycles. The van der Waals surface area contributed by atoms with Crippen molar-refractivity contribution < 1.29 is 0 Å². The van der Waals surface area contributed by atoms with E-state index < -0.39 is 0 Å². The van der Waals surface area contributed by atoms with Gasteiger partial charge in [-0.2, -0.15) is 0 Å². The zero-order chi connectivity index (χ0) is 12.4. The minimum Gasteiger partial charge on any atom is -0.326 e. The van der Waals surface area contributed by atoms with E-state index in [0.29, 0.717) is 16.3 Å². The summed E-state index contributed by atoms with van der Waals surface area (Å²) in [5.74, 6) is 0. The minimum absolute atomic E-state index is 0.127. The lowest BCUT2D eigenvalue weighted by Crippen LogP contribution is -2.19. The number of para-hydroxylation sites is 1. The summed E-state index contributed by atoms with van der Waals surface area (Å²) in [6, 6.07) is 7.20. The number of hydrogen-bond acceptors (Lipinski definition) is 2. The molecule has 2 rings (SSSR count). The summed E-state index contributed by atoms with van der Waals surface area (Å²) in [6.07, 6.45) is 0.735. The minimum atomic E-state index is -0.127. The molecule has 0 bridgehead atoms.